The maximum atomic E-state index is 13.6. The molecule has 0 fully saturated rings. The molecule has 0 heterocycles. The highest BCUT2D eigenvalue weighted by Crippen LogP contribution is 2.23. The number of sulfonamides is 1. The Balaban J connectivity index is 2.31. The molecule has 2 aromatic carbocycles. The molecule has 0 spiro atoms. The van der Waals surface area contributed by atoms with Crippen LogP contribution in [0.3, 0.4) is 0 Å². The molecule has 0 amide bonds. The topological polar surface area (TPSA) is 89.3 Å². The fraction of sp³-hybridized carbons (Fsp3) is 0. The normalized spacial score (nSPS) is 11.1. The van der Waals surface area contributed by atoms with E-state index in [9.17, 15) is 22.9 Å². The first-order chi connectivity index (χ1) is 9.79. The number of hydrogen-bond acceptors (Lipinski definition) is 4. The van der Waals surface area contributed by atoms with Crippen molar-refractivity contribution in [3.63, 3.8) is 0 Å². The van der Waals surface area contributed by atoms with Gasteiger partial charge in [-0.3, -0.25) is 14.8 Å². The quantitative estimate of drug-likeness (QED) is 0.688. The number of non-ortho nitro benzene ring substituents is 1. The molecule has 21 heavy (non-hydrogen) atoms. The SMILES string of the molecule is O=[N+]([O-])c1ccc(S(=O)(=O)Nc2ccc(Cl)cc2F)cc1. The van der Waals surface area contributed by atoms with E-state index in [2.05, 4.69) is 0 Å². The second-order valence-corrected chi connectivity index (χ2v) is 6.10. The van der Waals surface area contributed by atoms with Crippen LogP contribution in [0.5, 0.6) is 0 Å². The lowest BCUT2D eigenvalue weighted by Gasteiger charge is -2.09. The Hall–Kier alpha value is -2.19. The van der Waals surface area contributed by atoms with Crippen molar-refractivity contribution in [2.24, 2.45) is 0 Å². The van der Waals surface area contributed by atoms with Gasteiger partial charge in [-0.1, -0.05) is 11.6 Å². The number of anilines is 1. The zero-order valence-corrected chi connectivity index (χ0v) is 11.9. The van der Waals surface area contributed by atoms with Crippen LogP contribution < -0.4 is 4.72 Å². The van der Waals surface area contributed by atoms with Crippen molar-refractivity contribution in [2.75, 3.05) is 4.72 Å². The fourth-order valence-electron chi connectivity index (χ4n) is 1.52. The number of nitro groups is 1. The maximum Gasteiger partial charge on any atom is 0.269 e. The van der Waals surface area contributed by atoms with Crippen LogP contribution in [0.25, 0.3) is 0 Å². The number of nitro benzene ring substituents is 1. The van der Waals surface area contributed by atoms with Crippen LogP contribution in [0.4, 0.5) is 15.8 Å². The Bertz CT molecular complexity index is 793. The molecule has 0 saturated heterocycles. The molecule has 1 N–H and O–H groups in total. The molecular formula is C12H8ClFN2O4S. The third-order valence-electron chi connectivity index (χ3n) is 2.53. The molecule has 0 unspecified atom stereocenters. The largest absolute Gasteiger partial charge is 0.277 e. The van der Waals surface area contributed by atoms with Gasteiger partial charge in [-0.05, 0) is 30.3 Å². The van der Waals surface area contributed by atoms with Gasteiger partial charge in [0.2, 0.25) is 0 Å². The van der Waals surface area contributed by atoms with Crippen LogP contribution in [0.15, 0.2) is 47.4 Å². The first kappa shape index (κ1) is 15.2. The summed E-state index contributed by atoms with van der Waals surface area (Å²) in [7, 11) is -4.05. The third-order valence-corrected chi connectivity index (χ3v) is 4.15. The molecule has 0 saturated carbocycles. The maximum absolute atomic E-state index is 13.6. The van der Waals surface area contributed by atoms with Gasteiger partial charge in [0.25, 0.3) is 15.7 Å². The van der Waals surface area contributed by atoms with Gasteiger partial charge in [0.15, 0.2) is 0 Å². The second-order valence-electron chi connectivity index (χ2n) is 3.98. The highest BCUT2D eigenvalue weighted by atomic mass is 35.5. The number of benzene rings is 2. The van der Waals surface area contributed by atoms with E-state index in [4.69, 9.17) is 11.6 Å². The average Bonchev–Trinajstić information content (AvgIpc) is 2.42. The van der Waals surface area contributed by atoms with E-state index >= 15 is 0 Å². The number of rotatable bonds is 4. The van der Waals surface area contributed by atoms with Crippen LogP contribution in [0.1, 0.15) is 0 Å². The smallest absolute Gasteiger partial charge is 0.269 e. The molecule has 0 aliphatic carbocycles. The van der Waals surface area contributed by atoms with E-state index in [0.29, 0.717) is 0 Å². The zero-order chi connectivity index (χ0) is 15.6. The Morgan fingerprint density at radius 1 is 1.14 bits per heavy atom. The van der Waals surface area contributed by atoms with Crippen molar-refractivity contribution in [1.82, 2.24) is 0 Å². The summed E-state index contributed by atoms with van der Waals surface area (Å²) in [5.41, 5.74) is -0.510. The predicted molar refractivity (Wildman–Crippen MR) is 75.3 cm³/mol. The van der Waals surface area contributed by atoms with Gasteiger partial charge >= 0.3 is 0 Å². The molecule has 110 valence electrons. The number of nitrogens with one attached hydrogen (secondary N) is 1. The number of hydrogen-bond donors (Lipinski definition) is 1. The van der Waals surface area contributed by atoms with Gasteiger partial charge in [0.05, 0.1) is 15.5 Å². The summed E-state index contributed by atoms with van der Waals surface area (Å²) >= 11 is 5.57. The van der Waals surface area contributed by atoms with E-state index in [0.717, 1.165) is 30.3 Å². The van der Waals surface area contributed by atoms with Crippen molar-refractivity contribution in [1.29, 1.82) is 0 Å². The van der Waals surface area contributed by atoms with Gasteiger partial charge in [-0.2, -0.15) is 0 Å². The fourth-order valence-corrected chi connectivity index (χ4v) is 2.75. The Labute approximate surface area is 124 Å². The Morgan fingerprint density at radius 3 is 2.29 bits per heavy atom. The lowest BCUT2D eigenvalue weighted by atomic mass is 10.3. The monoisotopic (exact) mass is 330 g/mol. The first-order valence-electron chi connectivity index (χ1n) is 5.52. The van der Waals surface area contributed by atoms with Gasteiger partial charge < -0.3 is 0 Å². The lowest BCUT2D eigenvalue weighted by molar-refractivity contribution is -0.384. The molecule has 0 aliphatic heterocycles. The molecular weight excluding hydrogens is 323 g/mol. The standard InChI is InChI=1S/C12H8ClFN2O4S/c13-8-1-6-12(11(14)7-8)15-21(19,20)10-4-2-9(3-5-10)16(17)18/h1-7,15H. The predicted octanol–water partition coefficient (Wildman–Crippen LogP) is 3.19. The van der Waals surface area contributed by atoms with Crippen molar-refractivity contribution < 1.29 is 17.7 Å². The molecule has 6 nitrogen and oxygen atoms in total. The van der Waals surface area contributed by atoms with Gasteiger partial charge in [0, 0.05) is 17.2 Å². The number of nitrogens with zero attached hydrogens (tertiary/aromatic N) is 1. The average molecular weight is 331 g/mol. The Morgan fingerprint density at radius 2 is 1.76 bits per heavy atom. The summed E-state index contributed by atoms with van der Waals surface area (Å²) in [5, 5.41) is 10.6. The summed E-state index contributed by atoms with van der Waals surface area (Å²) < 4.78 is 39.7. The van der Waals surface area contributed by atoms with Crippen LogP contribution in [0.2, 0.25) is 5.02 Å². The van der Waals surface area contributed by atoms with Crippen LogP contribution in [-0.2, 0) is 10.0 Å². The van der Waals surface area contributed by atoms with Crippen molar-refractivity contribution in [3.05, 3.63) is 63.4 Å². The first-order valence-corrected chi connectivity index (χ1v) is 7.38. The minimum atomic E-state index is -4.05. The molecule has 0 radical (unpaired) electrons. The Kier molecular flexibility index (Phi) is 4.10. The van der Waals surface area contributed by atoms with Gasteiger partial charge in [-0.25, -0.2) is 12.8 Å². The van der Waals surface area contributed by atoms with Crippen LogP contribution >= 0.6 is 11.6 Å². The summed E-state index contributed by atoms with van der Waals surface area (Å²) in [6, 6.07) is 7.70. The van der Waals surface area contributed by atoms with E-state index in [1.165, 1.54) is 12.1 Å². The number of halogens is 2. The third kappa shape index (κ3) is 3.47. The highest BCUT2D eigenvalue weighted by Gasteiger charge is 2.17. The summed E-state index contributed by atoms with van der Waals surface area (Å²) in [6.07, 6.45) is 0. The highest BCUT2D eigenvalue weighted by molar-refractivity contribution is 7.92. The summed E-state index contributed by atoms with van der Waals surface area (Å²) in [4.78, 5) is 9.64. The summed E-state index contributed by atoms with van der Waals surface area (Å²) in [6.45, 7) is 0. The van der Waals surface area contributed by atoms with Crippen molar-refractivity contribution in [3.8, 4) is 0 Å². The summed E-state index contributed by atoms with van der Waals surface area (Å²) in [5.74, 6) is -0.826. The van der Waals surface area contributed by atoms with Gasteiger partial charge in [0.1, 0.15) is 5.82 Å². The van der Waals surface area contributed by atoms with E-state index in [-0.39, 0.29) is 21.3 Å². The second kappa shape index (κ2) is 5.66. The molecule has 2 aromatic rings. The van der Waals surface area contributed by atoms with Crippen LogP contribution in [0, 0.1) is 15.9 Å². The van der Waals surface area contributed by atoms with Crippen molar-refractivity contribution in [2.45, 2.75) is 4.90 Å². The van der Waals surface area contributed by atoms with E-state index in [1.54, 1.807) is 0 Å². The molecule has 0 bridgehead atoms. The molecule has 0 aromatic heterocycles. The zero-order valence-electron chi connectivity index (χ0n) is 10.3. The van der Waals surface area contributed by atoms with E-state index in [1.807, 2.05) is 4.72 Å². The van der Waals surface area contributed by atoms with Crippen molar-refractivity contribution >= 4 is 33.0 Å². The molecule has 0 atom stereocenters. The molecule has 0 aliphatic rings. The molecule has 2 rings (SSSR count). The van der Waals surface area contributed by atoms with E-state index < -0.39 is 20.8 Å². The molecule has 9 heteroatoms. The van der Waals surface area contributed by atoms with Gasteiger partial charge in [-0.15, -0.1) is 0 Å². The lowest BCUT2D eigenvalue weighted by Crippen LogP contribution is -2.13. The van der Waals surface area contributed by atoms with Crippen LogP contribution in [-0.4, -0.2) is 13.3 Å². The minimum Gasteiger partial charge on any atom is -0.277 e. The minimum absolute atomic E-state index is 0.130.